The topological polar surface area (TPSA) is 35.9 Å². The fraction of sp³-hybridized carbons (Fsp3) is 0.108. The number of hydrogen-bond acceptors (Lipinski definition) is 2. The standard InChI is InChI=1S/C74H62N4OSi/c1-73(2,3)55-28-23-27-53(45-55)65-46-54(52-25-11-7-12-26-52)47-70(80(60-31-13-8-14-32-60,61-33-15-9-16-34-61)62-35-17-10-18-36-62)72(65)77-51-76(67-39-21-22-40-68(67)77)57-29-24-30-58(49-57)79-59-41-42-64-63-37-19-20-38-66(63)78(69(64)50-59)71-48-56(43-44-75-71)74(4,5)6/h7-50H,1-6H3/i7D,8D,9D,10D,11D,12D,13D,14D,15D,16D,17D,18D,25D,26D,31D,32D,33D,34D,35D,36D. The van der Waals surface area contributed by atoms with Crippen molar-refractivity contribution >= 4 is 61.7 Å². The highest BCUT2D eigenvalue weighted by Gasteiger charge is 2.44. The van der Waals surface area contributed by atoms with Gasteiger partial charge in [0.15, 0.2) is 8.07 Å². The van der Waals surface area contributed by atoms with Gasteiger partial charge in [-0.3, -0.25) is 13.7 Å². The van der Waals surface area contributed by atoms with Crippen LogP contribution in [0.4, 0.5) is 0 Å². The van der Waals surface area contributed by atoms with Crippen molar-refractivity contribution < 1.29 is 36.7 Å². The number of benzene rings is 10. The molecule has 0 atom stereocenters. The highest BCUT2D eigenvalue weighted by molar-refractivity contribution is 7.20. The molecule has 80 heavy (non-hydrogen) atoms. The van der Waals surface area contributed by atoms with E-state index in [1.807, 2.05) is 75.4 Å². The van der Waals surface area contributed by atoms with Crippen LogP contribution in [0.2, 0.25) is 0 Å². The van der Waals surface area contributed by atoms with E-state index in [1.54, 1.807) is 76.0 Å². The quantitative estimate of drug-likeness (QED) is 0.0560. The highest BCUT2D eigenvalue weighted by Crippen LogP contribution is 2.38. The zero-order chi connectivity index (χ0) is 72.0. The predicted octanol–water partition coefficient (Wildman–Crippen LogP) is 15.3. The summed E-state index contributed by atoms with van der Waals surface area (Å²) >= 11 is 0. The Morgan fingerprint density at radius 1 is 0.487 bits per heavy atom. The van der Waals surface area contributed by atoms with E-state index in [4.69, 9.17) is 17.9 Å². The molecule has 0 amide bonds. The van der Waals surface area contributed by atoms with Crippen LogP contribution in [0, 0.1) is 6.33 Å². The molecule has 0 spiro atoms. The summed E-state index contributed by atoms with van der Waals surface area (Å²) in [6.45, 7) is 12.3. The van der Waals surface area contributed by atoms with Crippen LogP contribution in [0.1, 0.15) is 80.1 Å². The molecular formula is C74H62N4OSi. The van der Waals surface area contributed by atoms with Crippen molar-refractivity contribution in [1.29, 1.82) is 0 Å². The largest absolute Gasteiger partial charge is 0.458 e. The molecule has 0 fully saturated rings. The average molecular weight is 1070 g/mol. The number of fused-ring (bicyclic) bond motifs is 4. The van der Waals surface area contributed by atoms with Gasteiger partial charge in [-0.05, 0) is 120 Å². The van der Waals surface area contributed by atoms with Gasteiger partial charge in [0.05, 0.1) is 60.9 Å². The summed E-state index contributed by atoms with van der Waals surface area (Å²) in [5, 5.41) is -0.868. The second-order valence-electron chi connectivity index (χ2n) is 21.5. The molecule has 0 aliphatic rings. The van der Waals surface area contributed by atoms with Crippen LogP contribution >= 0.6 is 0 Å². The minimum absolute atomic E-state index is 0.0729. The molecule has 5 nitrogen and oxygen atoms in total. The first-order valence-electron chi connectivity index (χ1n) is 36.0. The second kappa shape index (κ2) is 20.1. The number of hydrogen-bond donors (Lipinski definition) is 0. The Kier molecular flexibility index (Phi) is 8.18. The fourth-order valence-electron chi connectivity index (χ4n) is 10.7. The van der Waals surface area contributed by atoms with Gasteiger partial charge in [0.25, 0.3) is 6.33 Å². The number of nitrogens with zero attached hydrogens (tertiary/aromatic N) is 4. The Hall–Kier alpha value is -9.36. The molecule has 0 aliphatic carbocycles. The first-order valence-corrected chi connectivity index (χ1v) is 28.0. The zero-order valence-electron chi connectivity index (χ0n) is 64.6. The fourth-order valence-corrected chi connectivity index (χ4v) is 14.7. The Morgan fingerprint density at radius 3 is 1.75 bits per heavy atom. The molecule has 0 saturated heterocycles. The zero-order valence-corrected chi connectivity index (χ0v) is 45.6. The van der Waals surface area contributed by atoms with E-state index >= 15 is 0 Å². The van der Waals surface area contributed by atoms with Crippen molar-refractivity contribution in [2.75, 3.05) is 0 Å². The van der Waals surface area contributed by atoms with Crippen molar-refractivity contribution in [3.8, 4) is 50.9 Å². The Balaban J connectivity index is 1.20. The maximum atomic E-state index is 10.2. The van der Waals surface area contributed by atoms with E-state index in [1.165, 1.54) is 12.1 Å². The van der Waals surface area contributed by atoms with Crippen LogP contribution in [-0.2, 0) is 10.8 Å². The van der Waals surface area contributed by atoms with Crippen LogP contribution in [0.15, 0.2) is 267 Å². The molecule has 0 radical (unpaired) electrons. The van der Waals surface area contributed by atoms with Crippen LogP contribution in [0.25, 0.3) is 72.3 Å². The maximum Gasteiger partial charge on any atom is 0.269 e. The molecule has 0 saturated carbocycles. The van der Waals surface area contributed by atoms with Crippen molar-refractivity contribution in [3.63, 3.8) is 0 Å². The molecule has 6 heteroatoms. The smallest absolute Gasteiger partial charge is 0.269 e. The van der Waals surface area contributed by atoms with Gasteiger partial charge >= 0.3 is 0 Å². The molecule has 13 aromatic rings. The molecule has 13 rings (SSSR count). The van der Waals surface area contributed by atoms with Crippen LogP contribution < -0.4 is 30.1 Å². The molecule has 3 aromatic heterocycles. The minimum atomic E-state index is -6.21. The maximum absolute atomic E-state index is 10.2. The van der Waals surface area contributed by atoms with Gasteiger partial charge in [0.2, 0.25) is 0 Å². The lowest BCUT2D eigenvalue weighted by molar-refractivity contribution is -0.570. The molecule has 0 bridgehead atoms. The van der Waals surface area contributed by atoms with Gasteiger partial charge in [-0.2, -0.15) is 0 Å². The first-order chi connectivity index (χ1) is 47.2. The second-order valence-corrected chi connectivity index (χ2v) is 25.1. The normalized spacial score (nSPS) is 15.6. The van der Waals surface area contributed by atoms with E-state index in [0.29, 0.717) is 39.6 Å². The summed E-state index contributed by atoms with van der Waals surface area (Å²) in [5.74, 6) is 1.55. The molecule has 10 aromatic carbocycles. The van der Waals surface area contributed by atoms with E-state index in [0.717, 1.165) is 32.9 Å². The summed E-state index contributed by atoms with van der Waals surface area (Å²) in [5.41, 5.74) is 3.58. The van der Waals surface area contributed by atoms with Crippen LogP contribution in [0.5, 0.6) is 11.5 Å². The van der Waals surface area contributed by atoms with Crippen molar-refractivity contribution in [1.82, 2.24) is 14.1 Å². The van der Waals surface area contributed by atoms with Crippen LogP contribution in [0.3, 0.4) is 0 Å². The first kappa shape index (κ1) is 32.5. The lowest BCUT2D eigenvalue weighted by Crippen LogP contribution is -2.76. The summed E-state index contributed by atoms with van der Waals surface area (Å²) in [4.78, 5) is 4.86. The number of ether oxygens (including phenoxy) is 1. The molecule has 0 unspecified atom stereocenters. The van der Waals surface area contributed by atoms with Gasteiger partial charge in [-0.25, -0.2) is 4.98 Å². The third kappa shape index (κ3) is 8.92. The average Bonchev–Trinajstić information content (AvgIpc) is 0.732. The molecular weight excluding hydrogens is 989 g/mol. The number of rotatable bonds is 11. The number of imidazole rings is 1. The monoisotopic (exact) mass is 1070 g/mol. The van der Waals surface area contributed by atoms with Crippen molar-refractivity contribution in [2.24, 2.45) is 0 Å². The number of pyridine rings is 1. The van der Waals surface area contributed by atoms with Crippen molar-refractivity contribution in [2.45, 2.75) is 52.4 Å². The Labute approximate surface area is 498 Å². The Morgan fingerprint density at radius 2 is 1.07 bits per heavy atom. The summed E-state index contributed by atoms with van der Waals surface area (Å²) < 4.78 is 203. The van der Waals surface area contributed by atoms with E-state index in [-0.39, 0.29) is 22.2 Å². The third-order valence-corrected chi connectivity index (χ3v) is 18.7. The molecule has 3 heterocycles. The highest BCUT2D eigenvalue weighted by atomic mass is 28.3. The molecule has 0 aliphatic heterocycles. The lowest BCUT2D eigenvalue weighted by atomic mass is 9.85. The molecule has 388 valence electrons. The van der Waals surface area contributed by atoms with Gasteiger partial charge in [0.1, 0.15) is 17.3 Å². The number of aromatic nitrogens is 4. The van der Waals surface area contributed by atoms with Gasteiger partial charge in [0, 0.05) is 23.0 Å². The van der Waals surface area contributed by atoms with E-state index in [9.17, 15) is 19.2 Å². The number of para-hydroxylation sites is 3. The third-order valence-electron chi connectivity index (χ3n) is 14.6. The van der Waals surface area contributed by atoms with Gasteiger partial charge in [-0.1, -0.05) is 241 Å². The van der Waals surface area contributed by atoms with Crippen LogP contribution in [-0.4, -0.2) is 22.2 Å². The van der Waals surface area contributed by atoms with Crippen molar-refractivity contribution in [3.05, 3.63) is 284 Å². The van der Waals surface area contributed by atoms with Gasteiger partial charge < -0.3 is 4.74 Å². The summed E-state index contributed by atoms with van der Waals surface area (Å²) in [7, 11) is -6.21. The SMILES string of the molecule is [2H]c1c([2H])c([2H])c(-c2cc(-c3cccc(C(C)(C)C)c3)c(-[n+]3[c-]n(-c4cccc(Oc5ccc6c7ccccc7n(-c7cc(C(C)(C)C)ccn7)c6c5)c4)c4ccccc43)c([Si](c3c([2H])c([2H])c([2H])c([2H])c3[2H])(c3c([2H])c([2H])c([2H])c([2H])c3[2H])c3c([2H])c([2H])c([2H])c([2H])c3[2H])c2)c([2H])c1[2H]. The predicted molar refractivity (Wildman–Crippen MR) is 334 cm³/mol. The van der Waals surface area contributed by atoms with E-state index in [2.05, 4.69) is 43.8 Å². The summed E-state index contributed by atoms with van der Waals surface area (Å²) in [6.07, 6.45) is 5.35. The molecule has 0 N–H and O–H groups in total. The van der Waals surface area contributed by atoms with Gasteiger partial charge in [-0.15, -0.1) is 0 Å². The minimum Gasteiger partial charge on any atom is -0.458 e. The van der Waals surface area contributed by atoms with E-state index < -0.39 is 161 Å². The lowest BCUT2D eigenvalue weighted by Gasteiger charge is -2.37. The Bertz CT molecular complexity index is 5380. The summed E-state index contributed by atoms with van der Waals surface area (Å²) in [6, 6.07) is 23.2.